The van der Waals surface area contributed by atoms with Crippen molar-refractivity contribution in [2.45, 2.75) is 95.5 Å². The minimum atomic E-state index is -0.711. The summed E-state index contributed by atoms with van der Waals surface area (Å²) >= 11 is 0. The molecule has 5 aliphatic rings. The Bertz CT molecular complexity index is 651. The van der Waals surface area contributed by atoms with Crippen molar-refractivity contribution < 1.29 is 24.9 Å². The van der Waals surface area contributed by atoms with Crippen LogP contribution in [0.25, 0.3) is 0 Å². The Morgan fingerprint density at radius 3 is 2.68 bits per heavy atom. The molecule has 3 N–H and O–H groups in total. The number of carbonyl (C=O) groups is 1. The normalized spacial score (nSPS) is 55.4. The minimum absolute atomic E-state index is 0.0859. The number of fused-ring (bicyclic) bond motifs is 4. The van der Waals surface area contributed by atoms with Crippen LogP contribution in [0.5, 0.6) is 0 Å². The van der Waals surface area contributed by atoms with E-state index in [-0.39, 0.29) is 29.6 Å². The van der Waals surface area contributed by atoms with Crippen LogP contribution in [-0.2, 0) is 9.53 Å². The van der Waals surface area contributed by atoms with Gasteiger partial charge in [-0.15, -0.1) is 0 Å². The summed E-state index contributed by atoms with van der Waals surface area (Å²) in [6, 6.07) is 0. The topological polar surface area (TPSA) is 90.3 Å². The zero-order valence-electron chi connectivity index (χ0n) is 17.2. The van der Waals surface area contributed by atoms with Gasteiger partial charge in [0.05, 0.1) is 18.3 Å². The van der Waals surface area contributed by atoms with E-state index in [1.165, 1.54) is 0 Å². The van der Waals surface area contributed by atoms with Crippen molar-refractivity contribution in [3.8, 4) is 0 Å². The fourth-order valence-electron chi connectivity index (χ4n) is 8.57. The molecule has 4 saturated carbocycles. The highest BCUT2D eigenvalue weighted by Crippen LogP contribution is 2.72. The summed E-state index contributed by atoms with van der Waals surface area (Å²) in [5.74, 6) is 1.74. The number of carboxylic acids is 1. The van der Waals surface area contributed by atoms with Crippen molar-refractivity contribution in [2.75, 3.05) is 0 Å². The number of ether oxygens (including phenoxy) is 1. The van der Waals surface area contributed by atoms with E-state index in [0.717, 1.165) is 51.4 Å². The number of carboxylic acid groups (broad SMARTS) is 1. The van der Waals surface area contributed by atoms with Gasteiger partial charge >= 0.3 is 5.97 Å². The summed E-state index contributed by atoms with van der Waals surface area (Å²) in [5, 5.41) is 30.5. The van der Waals surface area contributed by atoms with Gasteiger partial charge in [-0.1, -0.05) is 13.8 Å². The van der Waals surface area contributed by atoms with Crippen LogP contribution in [0.1, 0.15) is 71.6 Å². The fraction of sp³-hybridized carbons (Fsp3) is 0.957. The maximum Gasteiger partial charge on any atom is 0.303 e. The molecule has 11 unspecified atom stereocenters. The Morgan fingerprint density at radius 2 is 1.93 bits per heavy atom. The van der Waals surface area contributed by atoms with Crippen molar-refractivity contribution in [1.29, 1.82) is 0 Å². The lowest BCUT2D eigenvalue weighted by Crippen LogP contribution is -2.59. The van der Waals surface area contributed by atoms with Gasteiger partial charge in [0.15, 0.2) is 0 Å². The molecule has 158 valence electrons. The molecule has 0 amide bonds. The molecule has 5 nitrogen and oxygen atoms in total. The van der Waals surface area contributed by atoms with Gasteiger partial charge in [-0.3, -0.25) is 4.79 Å². The number of rotatable bonds is 4. The molecule has 0 radical (unpaired) electrons. The van der Waals surface area contributed by atoms with Gasteiger partial charge in [-0.05, 0) is 92.3 Å². The van der Waals surface area contributed by atoms with Gasteiger partial charge in [-0.25, -0.2) is 0 Å². The molecule has 1 spiro atoms. The minimum Gasteiger partial charge on any atom is -0.481 e. The Kier molecular flexibility index (Phi) is 4.43. The number of aliphatic hydroxyl groups is 2. The fourth-order valence-corrected chi connectivity index (χ4v) is 8.57. The summed E-state index contributed by atoms with van der Waals surface area (Å²) in [4.78, 5) is 11.0. The molecule has 5 fully saturated rings. The van der Waals surface area contributed by atoms with E-state index in [0.29, 0.717) is 41.6 Å². The van der Waals surface area contributed by atoms with E-state index >= 15 is 0 Å². The highest BCUT2D eigenvalue weighted by Gasteiger charge is 2.76. The van der Waals surface area contributed by atoms with Crippen LogP contribution < -0.4 is 0 Å². The van der Waals surface area contributed by atoms with Crippen molar-refractivity contribution in [1.82, 2.24) is 0 Å². The zero-order chi connectivity index (χ0) is 19.8. The molecule has 1 saturated heterocycles. The first-order chi connectivity index (χ1) is 13.3. The van der Waals surface area contributed by atoms with Crippen LogP contribution in [0.2, 0.25) is 0 Å². The predicted molar refractivity (Wildman–Crippen MR) is 104 cm³/mol. The largest absolute Gasteiger partial charge is 0.481 e. The van der Waals surface area contributed by atoms with Crippen molar-refractivity contribution in [3.63, 3.8) is 0 Å². The summed E-state index contributed by atoms with van der Waals surface area (Å²) < 4.78 is 6.51. The second-order valence-corrected chi connectivity index (χ2v) is 11.0. The molecule has 4 aliphatic carbocycles. The lowest BCUT2D eigenvalue weighted by Gasteiger charge is -2.59. The summed E-state index contributed by atoms with van der Waals surface area (Å²) in [5.41, 5.74) is 0.131. The van der Waals surface area contributed by atoms with Crippen molar-refractivity contribution in [2.24, 2.45) is 40.9 Å². The second kappa shape index (κ2) is 6.42. The summed E-state index contributed by atoms with van der Waals surface area (Å²) in [7, 11) is 0. The van der Waals surface area contributed by atoms with E-state index in [9.17, 15) is 15.0 Å². The first-order valence-electron chi connectivity index (χ1n) is 11.5. The van der Waals surface area contributed by atoms with Crippen LogP contribution in [0, 0.1) is 40.9 Å². The van der Waals surface area contributed by atoms with Crippen LogP contribution in [0.15, 0.2) is 0 Å². The van der Waals surface area contributed by atoms with Gasteiger partial charge in [0.25, 0.3) is 0 Å². The van der Waals surface area contributed by atoms with Crippen molar-refractivity contribution in [3.05, 3.63) is 0 Å². The molecule has 5 heteroatoms. The molecule has 0 aromatic carbocycles. The average molecular weight is 393 g/mol. The molecule has 0 bridgehead atoms. The summed E-state index contributed by atoms with van der Waals surface area (Å²) in [6.07, 6.45) is 7.66. The number of aliphatic hydroxyl groups excluding tert-OH is 2. The van der Waals surface area contributed by atoms with Crippen LogP contribution in [0.4, 0.5) is 0 Å². The molecule has 1 heterocycles. The Labute approximate surface area is 167 Å². The smallest absolute Gasteiger partial charge is 0.303 e. The second-order valence-electron chi connectivity index (χ2n) is 11.0. The summed E-state index contributed by atoms with van der Waals surface area (Å²) in [6.45, 7) is 4.62. The Morgan fingerprint density at radius 1 is 1.14 bits per heavy atom. The van der Waals surface area contributed by atoms with Crippen molar-refractivity contribution >= 4 is 5.97 Å². The molecule has 5 rings (SSSR count). The zero-order valence-corrected chi connectivity index (χ0v) is 17.2. The van der Waals surface area contributed by atoms with E-state index in [1.54, 1.807) is 0 Å². The Hall–Kier alpha value is -0.650. The van der Waals surface area contributed by atoms with E-state index < -0.39 is 5.97 Å². The third-order valence-electron chi connectivity index (χ3n) is 9.96. The molecular formula is C23H36O5. The van der Waals surface area contributed by atoms with Gasteiger partial charge < -0.3 is 20.1 Å². The monoisotopic (exact) mass is 392 g/mol. The van der Waals surface area contributed by atoms with Crippen LogP contribution >= 0.6 is 0 Å². The number of epoxide rings is 1. The first-order valence-corrected chi connectivity index (χ1v) is 11.5. The predicted octanol–water partition coefficient (Wildman–Crippen LogP) is 3.22. The van der Waals surface area contributed by atoms with E-state index in [4.69, 9.17) is 9.84 Å². The standard InChI is InChI=1S/C23H36O5/c1-12(3-6-20(26)27)15-4-5-16-21-17(11-19-23(15,16)28-19)22(2)8-7-14(24)9-13(22)10-18(21)25/h12-19,21,24-25H,3-11H2,1-2H3,(H,26,27). The SMILES string of the molecule is CC(CCC(=O)O)C1CCC2C3C(O)CC4CC(O)CCC4(C)C3CC3OC312. The van der Waals surface area contributed by atoms with Crippen LogP contribution in [-0.4, -0.2) is 45.2 Å². The lowest BCUT2D eigenvalue weighted by atomic mass is 9.46. The first kappa shape index (κ1) is 19.3. The van der Waals surface area contributed by atoms with Gasteiger partial charge in [0.2, 0.25) is 0 Å². The van der Waals surface area contributed by atoms with Gasteiger partial charge in [0.1, 0.15) is 5.60 Å². The maximum atomic E-state index is 11.2. The quantitative estimate of drug-likeness (QED) is 0.639. The third kappa shape index (κ3) is 2.58. The number of hydrogen-bond acceptors (Lipinski definition) is 4. The van der Waals surface area contributed by atoms with Gasteiger partial charge in [0, 0.05) is 6.42 Å². The third-order valence-corrected chi connectivity index (χ3v) is 9.96. The molecule has 0 aromatic rings. The highest BCUT2D eigenvalue weighted by molar-refractivity contribution is 5.66. The molecular weight excluding hydrogens is 356 g/mol. The Balaban J connectivity index is 1.39. The molecule has 0 aromatic heterocycles. The molecule has 28 heavy (non-hydrogen) atoms. The van der Waals surface area contributed by atoms with Crippen LogP contribution in [0.3, 0.4) is 0 Å². The number of aliphatic carboxylic acids is 1. The van der Waals surface area contributed by atoms with Gasteiger partial charge in [-0.2, -0.15) is 0 Å². The maximum absolute atomic E-state index is 11.2. The van der Waals surface area contributed by atoms with E-state index in [1.807, 2.05) is 0 Å². The average Bonchev–Trinajstić information content (AvgIpc) is 3.24. The van der Waals surface area contributed by atoms with E-state index in [2.05, 4.69) is 13.8 Å². The number of hydrogen-bond donors (Lipinski definition) is 3. The lowest BCUT2D eigenvalue weighted by molar-refractivity contribution is -0.150. The molecule has 1 aliphatic heterocycles. The highest BCUT2D eigenvalue weighted by atomic mass is 16.6. The molecule has 11 atom stereocenters.